The zero-order chi connectivity index (χ0) is 24.0. The van der Waals surface area contributed by atoms with Gasteiger partial charge in [-0.15, -0.1) is 11.3 Å². The predicted octanol–water partition coefficient (Wildman–Crippen LogP) is 1.02. The average Bonchev–Trinajstić information content (AvgIpc) is 3.51. The van der Waals surface area contributed by atoms with E-state index in [1.54, 1.807) is 30.2 Å². The smallest absolute Gasteiger partial charge is 0.322 e. The number of ether oxygens (including phenoxy) is 1. The van der Waals surface area contributed by atoms with Crippen molar-refractivity contribution in [3.63, 3.8) is 0 Å². The van der Waals surface area contributed by atoms with E-state index in [-0.39, 0.29) is 12.5 Å². The predicted molar refractivity (Wildman–Crippen MR) is 126 cm³/mol. The Morgan fingerprint density at radius 2 is 1.91 bits per heavy atom. The summed E-state index contributed by atoms with van der Waals surface area (Å²) in [5.41, 5.74) is -0.0400. The first-order chi connectivity index (χ1) is 16.3. The minimum atomic E-state index is -1.41. The number of hydrogen-bond donors (Lipinski definition) is 3. The van der Waals surface area contributed by atoms with Gasteiger partial charge in [-0.25, -0.2) is 4.79 Å². The molecule has 2 aromatic rings. The van der Waals surface area contributed by atoms with Crippen LogP contribution in [0.1, 0.15) is 25.7 Å². The highest BCUT2D eigenvalue weighted by molar-refractivity contribution is 7.14. The fraction of sp³-hybridized carbons (Fsp3) is 0.391. The average molecular weight is 483 g/mol. The number of methoxy groups -OCH3 is 1. The lowest BCUT2D eigenvalue weighted by Crippen LogP contribution is -2.52. The van der Waals surface area contributed by atoms with Crippen LogP contribution in [-0.2, 0) is 16.9 Å². The minimum Gasteiger partial charge on any atom is -0.497 e. The first-order valence-electron chi connectivity index (χ1n) is 11.0. The van der Waals surface area contributed by atoms with Gasteiger partial charge in [0.1, 0.15) is 11.6 Å². The van der Waals surface area contributed by atoms with Gasteiger partial charge in [-0.3, -0.25) is 20.3 Å². The van der Waals surface area contributed by atoms with Crippen molar-refractivity contribution in [2.75, 3.05) is 46.9 Å². The third kappa shape index (κ3) is 3.70. The number of nitrogens with zero attached hydrogens (tertiary/aromatic N) is 3. The maximum atomic E-state index is 13.1. The van der Waals surface area contributed by atoms with Crippen molar-refractivity contribution in [1.29, 1.82) is 5.41 Å². The van der Waals surface area contributed by atoms with E-state index >= 15 is 0 Å². The Bertz CT molecular complexity index is 1190. The molecule has 178 valence electrons. The van der Waals surface area contributed by atoms with Crippen LogP contribution in [0.25, 0.3) is 0 Å². The molecule has 10 nitrogen and oxygen atoms in total. The number of imide groups is 1. The van der Waals surface area contributed by atoms with Crippen LogP contribution >= 0.6 is 11.3 Å². The molecule has 2 fully saturated rings. The summed E-state index contributed by atoms with van der Waals surface area (Å²) < 4.78 is 5.24. The van der Waals surface area contributed by atoms with E-state index < -0.39 is 17.5 Å². The number of carbonyl (C=O) groups excluding carboxylic acids is 3. The first-order valence-corrected chi connectivity index (χ1v) is 11.8. The number of urea groups is 1. The molecule has 2 saturated heterocycles. The molecule has 0 bridgehead atoms. The molecule has 4 amide bonds. The molecular formula is C23H26N6O4S. The zero-order valence-electron chi connectivity index (χ0n) is 19.0. The van der Waals surface area contributed by atoms with Gasteiger partial charge in [-0.2, -0.15) is 0 Å². The molecule has 3 aliphatic rings. The molecule has 0 aliphatic carbocycles. The van der Waals surface area contributed by atoms with Crippen molar-refractivity contribution in [1.82, 2.24) is 25.3 Å². The maximum Gasteiger partial charge on any atom is 0.322 e. The fourth-order valence-corrected chi connectivity index (χ4v) is 5.73. The summed E-state index contributed by atoms with van der Waals surface area (Å²) in [5.74, 6) is 0.268. The standard InChI is InChI=1S/C23H26N6O4S/c1-27-7-9-28(10-8-27)19(24)17-5-6-18(34-17)23(21(31)25-22(32)26-23)13-29-12-14-3-4-15(33-2)11-16(14)20(29)30/h3-6,11,24H,7-10,12-13H2,1-2H3,(H2,25,26,31,32)/t23-/m0/s1. The molecule has 1 atom stereocenters. The van der Waals surface area contributed by atoms with E-state index in [0.717, 1.165) is 31.7 Å². The van der Waals surface area contributed by atoms with Gasteiger partial charge in [0.25, 0.3) is 11.8 Å². The normalized spacial score (nSPS) is 22.6. The lowest BCUT2D eigenvalue weighted by molar-refractivity contribution is -0.124. The molecule has 4 heterocycles. The first kappa shape index (κ1) is 22.4. The van der Waals surface area contributed by atoms with E-state index in [9.17, 15) is 14.4 Å². The summed E-state index contributed by atoms with van der Waals surface area (Å²) in [5, 5.41) is 13.8. The molecule has 34 heavy (non-hydrogen) atoms. The van der Waals surface area contributed by atoms with Gasteiger partial charge < -0.3 is 24.8 Å². The minimum absolute atomic E-state index is 0.0117. The van der Waals surface area contributed by atoms with Crippen molar-refractivity contribution in [3.8, 4) is 5.75 Å². The van der Waals surface area contributed by atoms with Crippen molar-refractivity contribution in [2.45, 2.75) is 12.1 Å². The molecule has 5 rings (SSSR count). The van der Waals surface area contributed by atoms with Gasteiger partial charge in [0.15, 0.2) is 5.54 Å². The number of benzene rings is 1. The Hall–Kier alpha value is -3.44. The van der Waals surface area contributed by atoms with Crippen molar-refractivity contribution in [3.05, 3.63) is 51.2 Å². The number of amides is 4. The molecule has 1 aromatic carbocycles. The number of likely N-dealkylation sites (N-methyl/N-ethyl adjacent to an activating group) is 1. The number of nitrogens with one attached hydrogen (secondary N) is 3. The fourth-order valence-electron chi connectivity index (χ4n) is 4.62. The van der Waals surface area contributed by atoms with Gasteiger partial charge >= 0.3 is 6.03 Å². The molecule has 0 spiro atoms. The summed E-state index contributed by atoms with van der Waals surface area (Å²) in [6, 6.07) is 8.31. The number of amidine groups is 1. The third-order valence-electron chi connectivity index (χ3n) is 6.65. The summed E-state index contributed by atoms with van der Waals surface area (Å²) >= 11 is 1.30. The summed E-state index contributed by atoms with van der Waals surface area (Å²) in [6.45, 7) is 3.60. The lowest BCUT2D eigenvalue weighted by atomic mass is 9.96. The maximum absolute atomic E-state index is 13.1. The number of piperazine rings is 1. The Morgan fingerprint density at radius 3 is 2.59 bits per heavy atom. The van der Waals surface area contributed by atoms with Crippen LogP contribution in [0.15, 0.2) is 30.3 Å². The molecule has 0 saturated carbocycles. The Labute approximate surface area is 201 Å². The number of rotatable bonds is 5. The number of fused-ring (bicyclic) bond motifs is 1. The monoisotopic (exact) mass is 482 g/mol. The number of hydrogen-bond acceptors (Lipinski definition) is 7. The zero-order valence-corrected chi connectivity index (χ0v) is 19.8. The molecule has 1 aromatic heterocycles. The summed E-state index contributed by atoms with van der Waals surface area (Å²) in [4.78, 5) is 45.5. The van der Waals surface area contributed by atoms with Gasteiger partial charge in [0.2, 0.25) is 0 Å². The topological polar surface area (TPSA) is 118 Å². The molecule has 3 aliphatic heterocycles. The highest BCUT2D eigenvalue weighted by atomic mass is 32.1. The number of carbonyl (C=O) groups is 3. The van der Waals surface area contributed by atoms with Crippen LogP contribution in [0, 0.1) is 5.41 Å². The summed E-state index contributed by atoms with van der Waals surface area (Å²) in [7, 11) is 3.60. The van der Waals surface area contributed by atoms with Gasteiger partial charge in [0, 0.05) is 43.2 Å². The second-order valence-electron chi connectivity index (χ2n) is 8.80. The third-order valence-corrected chi connectivity index (χ3v) is 7.90. The summed E-state index contributed by atoms with van der Waals surface area (Å²) in [6.07, 6.45) is 0. The lowest BCUT2D eigenvalue weighted by Gasteiger charge is -2.33. The molecule has 0 radical (unpaired) electrons. The second kappa shape index (κ2) is 8.41. The number of thiophene rings is 1. The van der Waals surface area contributed by atoms with Crippen LogP contribution in [0.4, 0.5) is 4.79 Å². The Balaban J connectivity index is 1.42. The van der Waals surface area contributed by atoms with Gasteiger partial charge in [-0.1, -0.05) is 6.07 Å². The second-order valence-corrected chi connectivity index (χ2v) is 9.88. The highest BCUT2D eigenvalue weighted by Gasteiger charge is 2.51. The van der Waals surface area contributed by atoms with Gasteiger partial charge in [0.05, 0.1) is 18.5 Å². The molecule has 0 unspecified atom stereocenters. The van der Waals surface area contributed by atoms with Crippen molar-refractivity contribution < 1.29 is 19.1 Å². The van der Waals surface area contributed by atoms with Crippen LogP contribution in [0.5, 0.6) is 5.75 Å². The Kier molecular flexibility index (Phi) is 5.53. The van der Waals surface area contributed by atoms with E-state index in [2.05, 4.69) is 22.6 Å². The van der Waals surface area contributed by atoms with E-state index in [4.69, 9.17) is 10.1 Å². The van der Waals surface area contributed by atoms with Crippen LogP contribution in [-0.4, -0.2) is 85.3 Å². The van der Waals surface area contributed by atoms with Gasteiger partial charge in [-0.05, 0) is 36.9 Å². The van der Waals surface area contributed by atoms with Crippen molar-refractivity contribution >= 4 is 35.0 Å². The van der Waals surface area contributed by atoms with E-state index in [0.29, 0.717) is 33.4 Å². The Morgan fingerprint density at radius 1 is 1.15 bits per heavy atom. The van der Waals surface area contributed by atoms with Crippen molar-refractivity contribution in [2.24, 2.45) is 0 Å². The van der Waals surface area contributed by atoms with E-state index in [1.807, 2.05) is 17.0 Å². The SMILES string of the molecule is COc1ccc2c(c1)C(=O)N(C[C@@]1(c3ccc(C(=N)N4CCN(C)CC4)s3)NC(=O)NC1=O)C2. The highest BCUT2D eigenvalue weighted by Crippen LogP contribution is 2.35. The van der Waals surface area contributed by atoms with E-state index in [1.165, 1.54) is 11.3 Å². The molecule has 3 N–H and O–H groups in total. The molecular weight excluding hydrogens is 456 g/mol. The molecule has 11 heteroatoms. The largest absolute Gasteiger partial charge is 0.497 e. The van der Waals surface area contributed by atoms with Crippen LogP contribution in [0.3, 0.4) is 0 Å². The quantitative estimate of drug-likeness (QED) is 0.333. The van der Waals surface area contributed by atoms with Crippen LogP contribution < -0.4 is 15.4 Å². The van der Waals surface area contributed by atoms with Crippen LogP contribution in [0.2, 0.25) is 0 Å².